The van der Waals surface area contributed by atoms with Crippen LogP contribution in [0.25, 0.3) is 0 Å². The topological polar surface area (TPSA) is 40.5 Å². The largest absolute Gasteiger partial charge is 0.394 e. The molecule has 65 valence electrons. The maximum atomic E-state index is 9.03. The highest BCUT2D eigenvalue weighted by Gasteiger charge is 2.01. The molecule has 0 saturated carbocycles. The summed E-state index contributed by atoms with van der Waals surface area (Å²) >= 11 is 1.49. The molecule has 1 unspecified atom stereocenters. The summed E-state index contributed by atoms with van der Waals surface area (Å²) in [6.45, 7) is -0.181. The third-order valence-corrected chi connectivity index (χ3v) is 2.44. The zero-order valence-electron chi connectivity index (χ0n) is 6.60. The lowest BCUT2D eigenvalue weighted by Crippen LogP contribution is -2.14. The van der Waals surface area contributed by atoms with Crippen molar-refractivity contribution in [2.24, 2.45) is 0 Å². The van der Waals surface area contributed by atoms with Gasteiger partial charge in [-0.3, -0.25) is 0 Å². The Labute approximate surface area is 76.2 Å². The Morgan fingerprint density at radius 2 is 2.33 bits per heavy atom. The molecule has 1 aromatic carbocycles. The van der Waals surface area contributed by atoms with Crippen LogP contribution in [-0.2, 0) is 0 Å². The third-order valence-electron chi connectivity index (χ3n) is 1.32. The lowest BCUT2D eigenvalue weighted by Gasteiger charge is -2.05. The Morgan fingerprint density at radius 3 is 2.92 bits per heavy atom. The quantitative estimate of drug-likeness (QED) is 0.682. The van der Waals surface area contributed by atoms with Gasteiger partial charge in [0.15, 0.2) is 0 Å². The third kappa shape index (κ3) is 3.26. The summed E-state index contributed by atoms with van der Waals surface area (Å²) in [7, 11) is 0. The summed E-state index contributed by atoms with van der Waals surface area (Å²) in [6, 6.07) is 10.6. The number of benzene rings is 1. The van der Waals surface area contributed by atoms with Crippen molar-refractivity contribution in [3.63, 3.8) is 0 Å². The lowest BCUT2D eigenvalue weighted by molar-refractivity contribution is 0.113. The number of hydrogen-bond donors (Lipinski definition) is 2. The maximum Gasteiger partial charge on any atom is 0.0864 e. The molecule has 1 aromatic rings. The molecule has 3 heteroatoms. The molecule has 0 spiro atoms. The highest BCUT2D eigenvalue weighted by atomic mass is 32.2. The predicted octanol–water partition coefficient (Wildman–Crippen LogP) is 0.932. The van der Waals surface area contributed by atoms with Crippen LogP contribution in [0.2, 0.25) is 0 Å². The summed E-state index contributed by atoms with van der Waals surface area (Å²) in [5, 5.41) is 17.6. The first kappa shape index (κ1) is 9.58. The molecular formula is C9H11O2S. The van der Waals surface area contributed by atoms with Crippen molar-refractivity contribution < 1.29 is 10.2 Å². The van der Waals surface area contributed by atoms with Gasteiger partial charge in [-0.25, -0.2) is 0 Å². The molecule has 0 saturated heterocycles. The second-order valence-electron chi connectivity index (χ2n) is 2.37. The Balaban J connectivity index is 2.33. The molecule has 0 bridgehead atoms. The standard InChI is InChI=1S/C9H11O2S/c10-6-8(11)7-12-9-4-2-1-3-5-9/h1-4,8,10-11H,6-7H2. The first-order chi connectivity index (χ1) is 5.83. The smallest absolute Gasteiger partial charge is 0.0864 e. The van der Waals surface area contributed by atoms with Crippen molar-refractivity contribution in [2.45, 2.75) is 11.0 Å². The van der Waals surface area contributed by atoms with Crippen LogP contribution in [0.15, 0.2) is 29.2 Å². The van der Waals surface area contributed by atoms with Crippen molar-refractivity contribution in [3.05, 3.63) is 30.3 Å². The molecule has 1 atom stereocenters. The van der Waals surface area contributed by atoms with Crippen LogP contribution >= 0.6 is 11.8 Å². The summed E-state index contributed by atoms with van der Waals surface area (Å²) < 4.78 is 0. The molecule has 0 aliphatic carbocycles. The van der Waals surface area contributed by atoms with Crippen LogP contribution in [0.3, 0.4) is 0 Å². The maximum absolute atomic E-state index is 9.03. The zero-order chi connectivity index (χ0) is 8.81. The normalized spacial score (nSPS) is 12.8. The van der Waals surface area contributed by atoms with Gasteiger partial charge in [0.05, 0.1) is 12.7 Å². The van der Waals surface area contributed by atoms with Gasteiger partial charge in [0.1, 0.15) is 0 Å². The zero-order valence-corrected chi connectivity index (χ0v) is 7.42. The highest BCUT2D eigenvalue weighted by Crippen LogP contribution is 2.16. The molecule has 2 nitrogen and oxygen atoms in total. The molecule has 0 aromatic heterocycles. The second-order valence-corrected chi connectivity index (χ2v) is 3.44. The number of rotatable bonds is 4. The molecule has 0 aliphatic heterocycles. The van der Waals surface area contributed by atoms with Gasteiger partial charge in [0, 0.05) is 10.6 Å². The van der Waals surface area contributed by atoms with Gasteiger partial charge in [-0.2, -0.15) is 0 Å². The Morgan fingerprint density at radius 1 is 1.50 bits per heavy atom. The van der Waals surface area contributed by atoms with E-state index < -0.39 is 6.10 Å². The predicted molar refractivity (Wildman–Crippen MR) is 49.1 cm³/mol. The minimum Gasteiger partial charge on any atom is -0.394 e. The van der Waals surface area contributed by atoms with E-state index in [4.69, 9.17) is 10.2 Å². The fourth-order valence-corrected chi connectivity index (χ4v) is 1.51. The van der Waals surface area contributed by atoms with Crippen molar-refractivity contribution in [1.82, 2.24) is 0 Å². The first-order valence-corrected chi connectivity index (χ1v) is 4.70. The van der Waals surface area contributed by atoms with Crippen molar-refractivity contribution in [3.8, 4) is 0 Å². The average molecular weight is 183 g/mol. The van der Waals surface area contributed by atoms with Crippen LogP contribution in [0.1, 0.15) is 0 Å². The molecule has 0 amide bonds. The van der Waals surface area contributed by atoms with Gasteiger partial charge in [-0.1, -0.05) is 18.2 Å². The summed E-state index contributed by atoms with van der Waals surface area (Å²) in [5.74, 6) is 0.511. The monoisotopic (exact) mass is 183 g/mol. The van der Waals surface area contributed by atoms with Gasteiger partial charge in [-0.15, -0.1) is 11.8 Å². The molecule has 0 heterocycles. The molecule has 0 aliphatic rings. The van der Waals surface area contributed by atoms with E-state index in [-0.39, 0.29) is 6.61 Å². The molecular weight excluding hydrogens is 172 g/mol. The van der Waals surface area contributed by atoms with Gasteiger partial charge in [0.2, 0.25) is 0 Å². The van der Waals surface area contributed by atoms with E-state index in [0.29, 0.717) is 5.75 Å². The Bertz CT molecular complexity index is 213. The van der Waals surface area contributed by atoms with Crippen molar-refractivity contribution in [1.29, 1.82) is 0 Å². The minimum atomic E-state index is -0.636. The molecule has 2 N–H and O–H groups in total. The second kappa shape index (κ2) is 5.19. The Kier molecular flexibility index (Phi) is 4.14. The van der Waals surface area contributed by atoms with Crippen LogP contribution in [0.5, 0.6) is 0 Å². The van der Waals surface area contributed by atoms with E-state index in [9.17, 15) is 0 Å². The number of hydrogen-bond acceptors (Lipinski definition) is 3. The Hall–Kier alpha value is -0.510. The fraction of sp³-hybridized carbons (Fsp3) is 0.333. The van der Waals surface area contributed by atoms with Gasteiger partial charge < -0.3 is 10.2 Å². The van der Waals surface area contributed by atoms with E-state index in [0.717, 1.165) is 4.90 Å². The molecule has 1 radical (unpaired) electrons. The highest BCUT2D eigenvalue weighted by molar-refractivity contribution is 7.99. The van der Waals surface area contributed by atoms with Crippen LogP contribution in [-0.4, -0.2) is 28.7 Å². The lowest BCUT2D eigenvalue weighted by atomic mass is 10.4. The molecule has 12 heavy (non-hydrogen) atoms. The summed E-state index contributed by atoms with van der Waals surface area (Å²) in [6.07, 6.45) is -0.636. The van der Waals surface area contributed by atoms with E-state index in [1.54, 1.807) is 0 Å². The number of aliphatic hydroxyl groups excluding tert-OH is 2. The number of thioether (sulfide) groups is 1. The number of aliphatic hydroxyl groups is 2. The SMILES string of the molecule is OCC(O)CSc1[c]cccc1. The van der Waals surface area contributed by atoms with Crippen LogP contribution in [0, 0.1) is 6.07 Å². The van der Waals surface area contributed by atoms with Gasteiger partial charge >= 0.3 is 0 Å². The summed E-state index contributed by atoms with van der Waals surface area (Å²) in [4.78, 5) is 0.991. The van der Waals surface area contributed by atoms with E-state index >= 15 is 0 Å². The minimum absolute atomic E-state index is 0.181. The van der Waals surface area contributed by atoms with Gasteiger partial charge in [-0.05, 0) is 12.1 Å². The van der Waals surface area contributed by atoms with E-state index in [1.165, 1.54) is 11.8 Å². The van der Waals surface area contributed by atoms with Crippen LogP contribution in [0.4, 0.5) is 0 Å². The van der Waals surface area contributed by atoms with Crippen LogP contribution < -0.4 is 0 Å². The molecule has 0 fully saturated rings. The van der Waals surface area contributed by atoms with E-state index in [2.05, 4.69) is 6.07 Å². The average Bonchev–Trinajstić information content (AvgIpc) is 2.16. The van der Waals surface area contributed by atoms with Gasteiger partial charge in [0.25, 0.3) is 0 Å². The molecule has 1 rings (SSSR count). The van der Waals surface area contributed by atoms with E-state index in [1.807, 2.05) is 24.3 Å². The van der Waals surface area contributed by atoms with Crippen molar-refractivity contribution >= 4 is 11.8 Å². The van der Waals surface area contributed by atoms with Crippen molar-refractivity contribution in [2.75, 3.05) is 12.4 Å². The summed E-state index contributed by atoms with van der Waals surface area (Å²) in [5.41, 5.74) is 0. The fourth-order valence-electron chi connectivity index (χ4n) is 0.705. The first-order valence-electron chi connectivity index (χ1n) is 3.71.